The lowest BCUT2D eigenvalue weighted by atomic mass is 9.83. The molecule has 0 saturated carbocycles. The third kappa shape index (κ3) is 5.28. The number of rotatable bonds is 9. The zero-order valence-corrected chi connectivity index (χ0v) is 24.2. The van der Waals surface area contributed by atoms with Gasteiger partial charge in [0.05, 0.1) is 49.7 Å². The summed E-state index contributed by atoms with van der Waals surface area (Å²) in [7, 11) is 3.19. The maximum absolute atomic E-state index is 12.6. The smallest absolute Gasteiger partial charge is 0.224 e. The zero-order valence-electron chi connectivity index (χ0n) is 24.2. The first-order valence-electron chi connectivity index (χ1n) is 13.7. The van der Waals surface area contributed by atoms with E-state index >= 15 is 0 Å². The maximum atomic E-state index is 12.6. The Hall–Kier alpha value is -4.26. The third-order valence-electron chi connectivity index (χ3n) is 7.65. The van der Waals surface area contributed by atoms with Crippen LogP contribution in [-0.2, 0) is 11.2 Å². The first-order valence-corrected chi connectivity index (χ1v) is 13.7. The van der Waals surface area contributed by atoms with Crippen molar-refractivity contribution >= 4 is 17.3 Å². The summed E-state index contributed by atoms with van der Waals surface area (Å²) >= 11 is 0. The van der Waals surface area contributed by atoms with Gasteiger partial charge in [-0.25, -0.2) is 0 Å². The normalized spacial score (nSPS) is 16.9. The molecule has 0 saturated heterocycles. The summed E-state index contributed by atoms with van der Waals surface area (Å²) in [5.41, 5.74) is 10.3. The van der Waals surface area contributed by atoms with Crippen molar-refractivity contribution in [3.63, 3.8) is 0 Å². The Balaban J connectivity index is 1.32. The molecule has 7 heteroatoms. The van der Waals surface area contributed by atoms with E-state index < -0.39 is 0 Å². The number of nitrogens with one attached hydrogen (secondary N) is 2. The van der Waals surface area contributed by atoms with Crippen molar-refractivity contribution in [1.82, 2.24) is 10.3 Å². The van der Waals surface area contributed by atoms with Gasteiger partial charge in [0.15, 0.2) is 11.5 Å². The topological polar surface area (TPSA) is 75.7 Å². The molecule has 208 valence electrons. The van der Waals surface area contributed by atoms with Gasteiger partial charge in [-0.3, -0.25) is 9.78 Å². The van der Waals surface area contributed by atoms with Crippen LogP contribution in [0.25, 0.3) is 0 Å². The molecule has 2 N–H and O–H groups in total. The molecule has 1 aromatic heterocycles. The minimum atomic E-state index is -0.0419. The monoisotopic (exact) mass is 538 g/mol. The molecule has 3 aromatic rings. The molecule has 0 radical (unpaired) electrons. The van der Waals surface area contributed by atoms with Crippen molar-refractivity contribution in [3.05, 3.63) is 100 Å². The van der Waals surface area contributed by atoms with Crippen molar-refractivity contribution < 1.29 is 14.3 Å². The quantitative estimate of drug-likeness (QED) is 0.350. The summed E-state index contributed by atoms with van der Waals surface area (Å²) in [5, 5.41) is 6.62. The fraction of sp³-hybridized carbons (Fsp3) is 0.333. The molecule has 2 atom stereocenters. The van der Waals surface area contributed by atoms with Gasteiger partial charge >= 0.3 is 0 Å². The van der Waals surface area contributed by atoms with Crippen LogP contribution >= 0.6 is 0 Å². The number of allylic oxidation sites excluding steroid dienone is 2. The number of aryl methyl sites for hydroxylation is 4. The summed E-state index contributed by atoms with van der Waals surface area (Å²) < 4.78 is 10.6. The first-order chi connectivity index (χ1) is 19.3. The predicted molar refractivity (Wildman–Crippen MR) is 161 cm³/mol. The van der Waals surface area contributed by atoms with Gasteiger partial charge in [0, 0.05) is 25.0 Å². The lowest BCUT2D eigenvalue weighted by Crippen LogP contribution is -2.31. The molecule has 0 spiro atoms. The van der Waals surface area contributed by atoms with Crippen LogP contribution in [0.4, 0.5) is 11.4 Å². The molecule has 2 unspecified atom stereocenters. The molecule has 0 aliphatic carbocycles. The highest BCUT2D eigenvalue weighted by molar-refractivity contribution is 5.81. The van der Waals surface area contributed by atoms with Crippen molar-refractivity contribution in [2.24, 2.45) is 0 Å². The van der Waals surface area contributed by atoms with E-state index in [1.807, 2.05) is 25.1 Å². The van der Waals surface area contributed by atoms with Crippen LogP contribution in [0, 0.1) is 27.7 Å². The molecule has 1 amide bonds. The van der Waals surface area contributed by atoms with E-state index in [1.165, 1.54) is 22.3 Å². The number of carbonyl (C=O) groups excluding carboxylic acids is 1. The van der Waals surface area contributed by atoms with Crippen molar-refractivity contribution in [2.45, 2.75) is 46.1 Å². The maximum Gasteiger partial charge on any atom is 0.224 e. The van der Waals surface area contributed by atoms with Gasteiger partial charge in [0.2, 0.25) is 5.91 Å². The van der Waals surface area contributed by atoms with Crippen LogP contribution in [0.2, 0.25) is 0 Å². The Morgan fingerprint density at radius 2 is 1.70 bits per heavy atom. The van der Waals surface area contributed by atoms with Crippen LogP contribution in [-0.4, -0.2) is 44.2 Å². The minimum Gasteiger partial charge on any atom is -0.493 e. The molecule has 7 nitrogen and oxygen atoms in total. The molecular formula is C33H38N4O3. The number of amides is 1. The van der Waals surface area contributed by atoms with Gasteiger partial charge in [0.25, 0.3) is 0 Å². The number of benzene rings is 2. The molecule has 2 aliphatic heterocycles. The first kappa shape index (κ1) is 27.3. The predicted octanol–water partition coefficient (Wildman–Crippen LogP) is 5.51. The molecular weight excluding hydrogens is 500 g/mol. The van der Waals surface area contributed by atoms with Gasteiger partial charge in [-0.05, 0) is 74.2 Å². The summed E-state index contributed by atoms with van der Waals surface area (Å²) in [6, 6.07) is 12.3. The summed E-state index contributed by atoms with van der Waals surface area (Å²) in [4.78, 5) is 20.1. The number of anilines is 2. The van der Waals surface area contributed by atoms with Crippen LogP contribution in [0.15, 0.2) is 60.8 Å². The molecule has 40 heavy (non-hydrogen) atoms. The SMILES string of the molecule is COc1ccc(CC(=O)NCCNc2cc(C)nc3c2N2C=CC=CC2C3c2c(C)cc(C)cc2C)cc1OC. The second kappa shape index (κ2) is 11.5. The van der Waals surface area contributed by atoms with E-state index in [0.29, 0.717) is 24.6 Å². The zero-order chi connectivity index (χ0) is 28.4. The number of ether oxygens (including phenoxy) is 2. The minimum absolute atomic E-state index is 0.0419. The van der Waals surface area contributed by atoms with Gasteiger partial charge in [-0.15, -0.1) is 0 Å². The van der Waals surface area contributed by atoms with Crippen molar-refractivity contribution in [2.75, 3.05) is 37.5 Å². The second-order valence-corrected chi connectivity index (χ2v) is 10.6. The Morgan fingerprint density at radius 1 is 0.950 bits per heavy atom. The largest absolute Gasteiger partial charge is 0.493 e. The molecule has 3 heterocycles. The number of methoxy groups -OCH3 is 2. The highest BCUT2D eigenvalue weighted by Crippen LogP contribution is 2.50. The van der Waals surface area contributed by atoms with Crippen LogP contribution in [0.5, 0.6) is 11.5 Å². The van der Waals surface area contributed by atoms with Crippen LogP contribution in [0.1, 0.15) is 45.1 Å². The third-order valence-corrected chi connectivity index (χ3v) is 7.65. The summed E-state index contributed by atoms with van der Waals surface area (Å²) in [5.74, 6) is 1.36. The fourth-order valence-corrected chi connectivity index (χ4v) is 6.11. The Labute approximate surface area is 236 Å². The summed E-state index contributed by atoms with van der Waals surface area (Å²) in [6.45, 7) is 9.71. The lowest BCUT2D eigenvalue weighted by molar-refractivity contribution is -0.120. The number of pyridine rings is 1. The van der Waals surface area contributed by atoms with E-state index in [4.69, 9.17) is 14.5 Å². The molecule has 0 bridgehead atoms. The van der Waals surface area contributed by atoms with Crippen LogP contribution < -0.4 is 25.0 Å². The number of nitrogens with zero attached hydrogens (tertiary/aromatic N) is 2. The Bertz CT molecular complexity index is 1470. The van der Waals surface area contributed by atoms with Crippen molar-refractivity contribution in [1.29, 1.82) is 0 Å². The van der Waals surface area contributed by atoms with Crippen LogP contribution in [0.3, 0.4) is 0 Å². The molecule has 5 rings (SSSR count). The van der Waals surface area contributed by atoms with E-state index in [2.05, 4.69) is 78.9 Å². The second-order valence-electron chi connectivity index (χ2n) is 10.6. The standard InChI is InChI=1S/C33H38N4O3/c1-20-15-21(2)30(22(3)16-20)31-26-9-7-8-14-37(26)33-25(17-23(4)36-32(31)33)34-12-13-35-29(38)19-24-10-11-27(39-5)28(18-24)40-6/h7-11,14-18,26,31H,12-13,19H2,1-6H3,(H,34,36)(H,35,38). The number of fused-ring (bicyclic) bond motifs is 3. The average molecular weight is 539 g/mol. The average Bonchev–Trinajstić information content (AvgIpc) is 3.24. The molecule has 0 fully saturated rings. The highest BCUT2D eigenvalue weighted by atomic mass is 16.5. The highest BCUT2D eigenvalue weighted by Gasteiger charge is 2.42. The molecule has 2 aromatic carbocycles. The van der Waals surface area contributed by atoms with Gasteiger partial charge in [-0.1, -0.05) is 35.9 Å². The van der Waals surface area contributed by atoms with Crippen molar-refractivity contribution in [3.8, 4) is 11.5 Å². The molecule has 2 aliphatic rings. The number of hydrogen-bond acceptors (Lipinski definition) is 6. The number of carbonyl (C=O) groups is 1. The van der Waals surface area contributed by atoms with Gasteiger partial charge in [0.1, 0.15) is 0 Å². The fourth-order valence-electron chi connectivity index (χ4n) is 6.11. The van der Waals surface area contributed by atoms with E-state index in [-0.39, 0.29) is 24.3 Å². The Morgan fingerprint density at radius 3 is 2.42 bits per heavy atom. The number of aromatic nitrogens is 1. The Kier molecular flexibility index (Phi) is 7.83. The van der Waals surface area contributed by atoms with E-state index in [1.54, 1.807) is 14.2 Å². The van der Waals surface area contributed by atoms with E-state index in [0.717, 1.165) is 28.3 Å². The summed E-state index contributed by atoms with van der Waals surface area (Å²) in [6.07, 6.45) is 8.91. The lowest BCUT2D eigenvalue weighted by Gasteiger charge is -2.29. The van der Waals surface area contributed by atoms with E-state index in [9.17, 15) is 4.79 Å². The van der Waals surface area contributed by atoms with Gasteiger partial charge < -0.3 is 25.0 Å². The van der Waals surface area contributed by atoms with Gasteiger partial charge in [-0.2, -0.15) is 0 Å². The number of hydrogen-bond donors (Lipinski definition) is 2.